The van der Waals surface area contributed by atoms with Gasteiger partial charge in [0.1, 0.15) is 6.33 Å². The summed E-state index contributed by atoms with van der Waals surface area (Å²) in [5.41, 5.74) is 2.51. The molecule has 0 radical (unpaired) electrons. The van der Waals surface area contributed by atoms with Crippen molar-refractivity contribution in [3.8, 4) is 0 Å². The van der Waals surface area contributed by atoms with Gasteiger partial charge in [-0.25, -0.2) is 9.67 Å². The van der Waals surface area contributed by atoms with Gasteiger partial charge in [-0.2, -0.15) is 5.10 Å². The maximum absolute atomic E-state index is 4.56. The van der Waals surface area contributed by atoms with Gasteiger partial charge in [-0.15, -0.1) is 0 Å². The van der Waals surface area contributed by atoms with E-state index in [2.05, 4.69) is 41.9 Å². The molecule has 0 atom stereocenters. The van der Waals surface area contributed by atoms with E-state index >= 15 is 0 Å². The molecular weight excluding hydrogens is 236 g/mol. The standard InChI is InChI=1S/C15H20N4/c1-15(2,3)14-17-10-19(18-14)9-13-12(11-6-7-11)5-4-8-16-13/h4-5,8,10-11H,6-7,9H2,1-3H3. The largest absolute Gasteiger partial charge is 0.259 e. The zero-order valence-electron chi connectivity index (χ0n) is 11.8. The van der Waals surface area contributed by atoms with E-state index in [1.165, 1.54) is 18.4 Å². The SMILES string of the molecule is CC(C)(C)c1ncn(Cc2ncccc2C2CC2)n1. The maximum Gasteiger partial charge on any atom is 0.155 e. The number of hydrogen-bond acceptors (Lipinski definition) is 3. The van der Waals surface area contributed by atoms with E-state index in [1.54, 1.807) is 0 Å². The van der Waals surface area contributed by atoms with Gasteiger partial charge in [-0.05, 0) is 30.4 Å². The summed E-state index contributed by atoms with van der Waals surface area (Å²) >= 11 is 0. The van der Waals surface area contributed by atoms with Gasteiger partial charge >= 0.3 is 0 Å². The predicted molar refractivity (Wildman–Crippen MR) is 74.0 cm³/mol. The van der Waals surface area contributed by atoms with Crippen LogP contribution >= 0.6 is 0 Å². The molecule has 2 aromatic heterocycles. The Bertz CT molecular complexity index is 576. The van der Waals surface area contributed by atoms with Crippen LogP contribution < -0.4 is 0 Å². The second-order valence-corrected chi connectivity index (χ2v) is 6.33. The highest BCUT2D eigenvalue weighted by Crippen LogP contribution is 2.41. The summed E-state index contributed by atoms with van der Waals surface area (Å²) in [6.07, 6.45) is 6.27. The van der Waals surface area contributed by atoms with Crippen molar-refractivity contribution in [3.05, 3.63) is 41.7 Å². The topological polar surface area (TPSA) is 43.6 Å². The van der Waals surface area contributed by atoms with Crippen LogP contribution in [0.25, 0.3) is 0 Å². The molecule has 1 saturated carbocycles. The molecule has 0 spiro atoms. The Labute approximate surface area is 113 Å². The second kappa shape index (κ2) is 4.44. The minimum atomic E-state index is -0.00527. The molecule has 0 unspecified atom stereocenters. The van der Waals surface area contributed by atoms with Crippen molar-refractivity contribution in [2.75, 3.05) is 0 Å². The Morgan fingerprint density at radius 3 is 2.68 bits per heavy atom. The van der Waals surface area contributed by atoms with Gasteiger partial charge in [0.15, 0.2) is 5.82 Å². The summed E-state index contributed by atoms with van der Waals surface area (Å²) in [6, 6.07) is 4.22. The average Bonchev–Trinajstić information content (AvgIpc) is 3.08. The molecule has 19 heavy (non-hydrogen) atoms. The molecule has 0 aromatic carbocycles. The van der Waals surface area contributed by atoms with E-state index < -0.39 is 0 Å². The van der Waals surface area contributed by atoms with Gasteiger partial charge in [0.25, 0.3) is 0 Å². The van der Waals surface area contributed by atoms with Crippen molar-refractivity contribution in [1.29, 1.82) is 0 Å². The minimum absolute atomic E-state index is 0.00527. The molecule has 4 heteroatoms. The number of pyridine rings is 1. The molecule has 0 saturated heterocycles. The van der Waals surface area contributed by atoms with Crippen molar-refractivity contribution in [3.63, 3.8) is 0 Å². The van der Waals surface area contributed by atoms with Crippen LogP contribution in [-0.4, -0.2) is 19.7 Å². The third-order valence-corrected chi connectivity index (χ3v) is 3.46. The Hall–Kier alpha value is -1.71. The van der Waals surface area contributed by atoms with E-state index in [4.69, 9.17) is 0 Å². The quantitative estimate of drug-likeness (QED) is 0.848. The first kappa shape index (κ1) is 12.3. The van der Waals surface area contributed by atoms with Gasteiger partial charge < -0.3 is 0 Å². The Morgan fingerprint density at radius 2 is 2.05 bits per heavy atom. The van der Waals surface area contributed by atoms with Gasteiger partial charge in [0, 0.05) is 11.6 Å². The summed E-state index contributed by atoms with van der Waals surface area (Å²) < 4.78 is 1.90. The number of aromatic nitrogens is 4. The van der Waals surface area contributed by atoms with E-state index in [0.717, 1.165) is 18.1 Å². The summed E-state index contributed by atoms with van der Waals surface area (Å²) in [5.74, 6) is 1.60. The molecule has 100 valence electrons. The monoisotopic (exact) mass is 256 g/mol. The lowest BCUT2D eigenvalue weighted by molar-refractivity contribution is 0.531. The highest BCUT2D eigenvalue weighted by atomic mass is 15.3. The minimum Gasteiger partial charge on any atom is -0.259 e. The normalized spacial score (nSPS) is 15.7. The summed E-state index contributed by atoms with van der Waals surface area (Å²) in [4.78, 5) is 8.92. The molecule has 1 aliphatic rings. The van der Waals surface area contributed by atoms with Crippen LogP contribution in [0.4, 0.5) is 0 Å². The average molecular weight is 256 g/mol. The highest BCUT2D eigenvalue weighted by molar-refractivity contribution is 5.27. The van der Waals surface area contributed by atoms with Crippen LogP contribution in [-0.2, 0) is 12.0 Å². The van der Waals surface area contributed by atoms with Crippen molar-refractivity contribution in [1.82, 2.24) is 19.7 Å². The van der Waals surface area contributed by atoms with Crippen LogP contribution in [0.1, 0.15) is 56.6 Å². The van der Waals surface area contributed by atoms with E-state index in [1.807, 2.05) is 23.3 Å². The molecule has 0 amide bonds. The van der Waals surface area contributed by atoms with E-state index in [0.29, 0.717) is 5.92 Å². The molecular formula is C15H20N4. The van der Waals surface area contributed by atoms with Crippen LogP contribution in [0.15, 0.2) is 24.7 Å². The fourth-order valence-electron chi connectivity index (χ4n) is 2.22. The number of nitrogens with zero attached hydrogens (tertiary/aromatic N) is 4. The molecule has 4 nitrogen and oxygen atoms in total. The lowest BCUT2D eigenvalue weighted by Gasteiger charge is -2.12. The van der Waals surface area contributed by atoms with Gasteiger partial charge in [0.2, 0.25) is 0 Å². The van der Waals surface area contributed by atoms with Crippen LogP contribution in [0, 0.1) is 0 Å². The zero-order valence-corrected chi connectivity index (χ0v) is 11.8. The first-order valence-corrected chi connectivity index (χ1v) is 6.88. The fraction of sp³-hybridized carbons (Fsp3) is 0.533. The predicted octanol–water partition coefficient (Wildman–Crippen LogP) is 2.90. The number of hydrogen-bond donors (Lipinski definition) is 0. The first-order chi connectivity index (χ1) is 9.04. The molecule has 0 bridgehead atoms. The molecule has 0 aliphatic heterocycles. The van der Waals surface area contributed by atoms with Gasteiger partial charge in [0.05, 0.1) is 12.2 Å². The Morgan fingerprint density at radius 1 is 1.26 bits per heavy atom. The zero-order chi connectivity index (χ0) is 13.5. The Kier molecular flexibility index (Phi) is 2.88. The smallest absolute Gasteiger partial charge is 0.155 e. The Balaban J connectivity index is 1.83. The molecule has 3 rings (SSSR count). The van der Waals surface area contributed by atoms with E-state index in [-0.39, 0.29) is 5.41 Å². The highest BCUT2D eigenvalue weighted by Gasteiger charge is 2.26. The van der Waals surface area contributed by atoms with Crippen molar-refractivity contribution < 1.29 is 0 Å². The summed E-state index contributed by atoms with van der Waals surface area (Å²) in [5, 5.41) is 4.56. The van der Waals surface area contributed by atoms with Gasteiger partial charge in [-0.3, -0.25) is 4.98 Å². The van der Waals surface area contributed by atoms with Crippen LogP contribution in [0.5, 0.6) is 0 Å². The third kappa shape index (κ3) is 2.67. The van der Waals surface area contributed by atoms with Crippen molar-refractivity contribution >= 4 is 0 Å². The fourth-order valence-corrected chi connectivity index (χ4v) is 2.22. The second-order valence-electron chi connectivity index (χ2n) is 6.33. The molecule has 1 fully saturated rings. The van der Waals surface area contributed by atoms with Crippen molar-refractivity contribution in [2.45, 2.75) is 51.5 Å². The van der Waals surface area contributed by atoms with Gasteiger partial charge in [-0.1, -0.05) is 26.8 Å². The lowest BCUT2D eigenvalue weighted by atomic mass is 9.96. The summed E-state index contributed by atoms with van der Waals surface area (Å²) in [7, 11) is 0. The lowest BCUT2D eigenvalue weighted by Crippen LogP contribution is -2.14. The molecule has 0 N–H and O–H groups in total. The van der Waals surface area contributed by atoms with Crippen molar-refractivity contribution in [2.24, 2.45) is 0 Å². The van der Waals surface area contributed by atoms with Crippen LogP contribution in [0.3, 0.4) is 0 Å². The number of rotatable bonds is 3. The van der Waals surface area contributed by atoms with Crippen LogP contribution in [0.2, 0.25) is 0 Å². The first-order valence-electron chi connectivity index (χ1n) is 6.88. The molecule has 2 heterocycles. The third-order valence-electron chi connectivity index (χ3n) is 3.46. The maximum atomic E-state index is 4.56. The summed E-state index contributed by atoms with van der Waals surface area (Å²) in [6.45, 7) is 7.10. The van der Waals surface area contributed by atoms with E-state index in [9.17, 15) is 0 Å². The molecule has 2 aromatic rings. The molecule has 1 aliphatic carbocycles.